The van der Waals surface area contributed by atoms with Crippen molar-refractivity contribution in [2.75, 3.05) is 11.9 Å². The number of pyridine rings is 1. The zero-order chi connectivity index (χ0) is 20.4. The fourth-order valence-electron chi connectivity index (χ4n) is 2.69. The number of aryl methyl sites for hydroxylation is 1. The Morgan fingerprint density at radius 2 is 2.07 bits per heavy atom. The molecule has 3 aromatic heterocycles. The average Bonchev–Trinajstić information content (AvgIpc) is 3.14. The topological polar surface area (TPSA) is 112 Å². The number of fused-ring (bicyclic) bond motifs is 1. The summed E-state index contributed by atoms with van der Waals surface area (Å²) in [7, 11) is 1.55. The zero-order valence-electron chi connectivity index (χ0n) is 15.7. The Kier molecular flexibility index (Phi) is 4.78. The summed E-state index contributed by atoms with van der Waals surface area (Å²) in [5.41, 5.74) is 2.11. The van der Waals surface area contributed by atoms with Crippen molar-refractivity contribution >= 4 is 22.7 Å². The number of benzene rings is 1. The molecule has 146 valence electrons. The van der Waals surface area contributed by atoms with Crippen LogP contribution in [0.2, 0.25) is 0 Å². The van der Waals surface area contributed by atoms with Crippen LogP contribution in [0.1, 0.15) is 17.4 Å². The Hall–Kier alpha value is -4.01. The standard InChI is InChI=1S/C20H17N5O4/c1-3-28-13-5-6-14(21-11-13)19(27)22-12-4-8-17-16(10-12)23-20(29-17)15-7-9-18(26)25(2)24-15/h4-11H,3H2,1-2H3,(H,22,27). The van der Waals surface area contributed by atoms with Crippen LogP contribution in [-0.2, 0) is 7.05 Å². The molecule has 0 bridgehead atoms. The molecule has 3 heterocycles. The lowest BCUT2D eigenvalue weighted by atomic mass is 10.2. The monoisotopic (exact) mass is 391 g/mol. The maximum atomic E-state index is 12.4. The van der Waals surface area contributed by atoms with E-state index in [1.807, 2.05) is 6.92 Å². The lowest BCUT2D eigenvalue weighted by molar-refractivity contribution is 0.102. The normalized spacial score (nSPS) is 10.8. The van der Waals surface area contributed by atoms with E-state index in [-0.39, 0.29) is 23.1 Å². The molecule has 1 aromatic carbocycles. The number of carbonyl (C=O) groups is 1. The van der Waals surface area contributed by atoms with Crippen molar-refractivity contribution in [3.05, 3.63) is 64.7 Å². The van der Waals surface area contributed by atoms with E-state index in [4.69, 9.17) is 9.15 Å². The predicted molar refractivity (Wildman–Crippen MR) is 106 cm³/mol. The van der Waals surface area contributed by atoms with Gasteiger partial charge in [-0.15, -0.1) is 0 Å². The fraction of sp³-hybridized carbons (Fsp3) is 0.150. The summed E-state index contributed by atoms with van der Waals surface area (Å²) in [4.78, 5) is 32.4. The Balaban J connectivity index is 1.56. The Morgan fingerprint density at radius 3 is 2.79 bits per heavy atom. The van der Waals surface area contributed by atoms with Gasteiger partial charge in [0.2, 0.25) is 5.89 Å². The minimum absolute atomic E-state index is 0.224. The smallest absolute Gasteiger partial charge is 0.274 e. The van der Waals surface area contributed by atoms with Gasteiger partial charge in [-0.3, -0.25) is 9.59 Å². The van der Waals surface area contributed by atoms with Crippen molar-refractivity contribution in [3.63, 3.8) is 0 Å². The molecule has 0 radical (unpaired) electrons. The van der Waals surface area contributed by atoms with Gasteiger partial charge in [-0.1, -0.05) is 0 Å². The van der Waals surface area contributed by atoms with E-state index in [0.29, 0.717) is 34.8 Å². The minimum Gasteiger partial charge on any atom is -0.492 e. The molecule has 0 atom stereocenters. The number of oxazole rings is 1. The van der Waals surface area contributed by atoms with E-state index in [0.717, 1.165) is 0 Å². The van der Waals surface area contributed by atoms with Gasteiger partial charge in [0.05, 0.1) is 12.8 Å². The summed E-state index contributed by atoms with van der Waals surface area (Å²) in [6, 6.07) is 11.3. The summed E-state index contributed by atoms with van der Waals surface area (Å²) >= 11 is 0. The molecule has 4 aromatic rings. The third-order valence-electron chi connectivity index (χ3n) is 4.11. The van der Waals surface area contributed by atoms with Gasteiger partial charge in [-0.2, -0.15) is 5.10 Å². The molecule has 0 aliphatic rings. The average molecular weight is 391 g/mol. The molecule has 0 aliphatic carbocycles. The van der Waals surface area contributed by atoms with Crippen LogP contribution in [0.4, 0.5) is 5.69 Å². The number of rotatable bonds is 5. The molecule has 0 aliphatic heterocycles. The molecule has 0 spiro atoms. The quantitative estimate of drug-likeness (QED) is 0.556. The van der Waals surface area contributed by atoms with Crippen LogP contribution in [0, 0.1) is 0 Å². The van der Waals surface area contributed by atoms with Crippen molar-refractivity contribution in [2.24, 2.45) is 7.05 Å². The molecular formula is C20H17N5O4. The highest BCUT2D eigenvalue weighted by molar-refractivity contribution is 6.03. The number of aromatic nitrogens is 4. The highest BCUT2D eigenvalue weighted by Crippen LogP contribution is 2.25. The molecule has 9 nitrogen and oxygen atoms in total. The Labute approximate surface area is 165 Å². The maximum absolute atomic E-state index is 12.4. The highest BCUT2D eigenvalue weighted by Gasteiger charge is 2.13. The van der Waals surface area contributed by atoms with Crippen molar-refractivity contribution in [3.8, 4) is 17.3 Å². The molecule has 0 saturated heterocycles. The third-order valence-corrected chi connectivity index (χ3v) is 4.11. The van der Waals surface area contributed by atoms with Crippen LogP contribution in [0.15, 0.2) is 57.9 Å². The van der Waals surface area contributed by atoms with E-state index in [9.17, 15) is 9.59 Å². The Morgan fingerprint density at radius 1 is 1.21 bits per heavy atom. The lowest BCUT2D eigenvalue weighted by Crippen LogP contribution is -2.18. The number of ether oxygens (including phenoxy) is 1. The molecule has 4 rings (SSSR count). The summed E-state index contributed by atoms with van der Waals surface area (Å²) in [6.07, 6.45) is 1.51. The van der Waals surface area contributed by atoms with Crippen LogP contribution >= 0.6 is 0 Å². The van der Waals surface area contributed by atoms with Crippen molar-refractivity contribution in [1.29, 1.82) is 0 Å². The van der Waals surface area contributed by atoms with E-state index >= 15 is 0 Å². The van der Waals surface area contributed by atoms with Crippen LogP contribution in [0.3, 0.4) is 0 Å². The predicted octanol–water partition coefficient (Wildman–Crippen LogP) is 2.63. The molecule has 0 unspecified atom stereocenters. The number of hydrogen-bond acceptors (Lipinski definition) is 7. The maximum Gasteiger partial charge on any atom is 0.274 e. The summed E-state index contributed by atoms with van der Waals surface area (Å²) in [5.74, 6) is 0.538. The van der Waals surface area contributed by atoms with Gasteiger partial charge in [0.15, 0.2) is 5.58 Å². The van der Waals surface area contributed by atoms with Crippen LogP contribution in [0.5, 0.6) is 5.75 Å². The van der Waals surface area contributed by atoms with Gasteiger partial charge in [0, 0.05) is 18.8 Å². The number of nitrogens with zero attached hydrogens (tertiary/aromatic N) is 4. The summed E-state index contributed by atoms with van der Waals surface area (Å²) in [6.45, 7) is 2.41. The first-order valence-corrected chi connectivity index (χ1v) is 8.89. The van der Waals surface area contributed by atoms with Gasteiger partial charge in [-0.25, -0.2) is 14.6 Å². The first-order chi connectivity index (χ1) is 14.0. The molecule has 9 heteroatoms. The highest BCUT2D eigenvalue weighted by atomic mass is 16.5. The number of carbonyl (C=O) groups excluding carboxylic acids is 1. The lowest BCUT2D eigenvalue weighted by Gasteiger charge is -2.06. The van der Waals surface area contributed by atoms with Gasteiger partial charge in [0.25, 0.3) is 11.5 Å². The second kappa shape index (κ2) is 7.55. The fourth-order valence-corrected chi connectivity index (χ4v) is 2.69. The number of hydrogen-bond donors (Lipinski definition) is 1. The van der Waals surface area contributed by atoms with Gasteiger partial charge >= 0.3 is 0 Å². The largest absolute Gasteiger partial charge is 0.492 e. The molecule has 0 saturated carbocycles. The number of amides is 1. The number of nitrogens with one attached hydrogen (secondary N) is 1. The van der Waals surface area contributed by atoms with E-state index in [2.05, 4.69) is 20.4 Å². The Bertz CT molecular complexity index is 1240. The summed E-state index contributed by atoms with van der Waals surface area (Å²) in [5, 5.41) is 6.91. The molecule has 1 N–H and O–H groups in total. The molecule has 0 fully saturated rings. The van der Waals surface area contributed by atoms with E-state index in [1.54, 1.807) is 43.4 Å². The van der Waals surface area contributed by atoms with Crippen molar-refractivity contribution in [2.45, 2.75) is 6.92 Å². The molecule has 1 amide bonds. The van der Waals surface area contributed by atoms with Crippen LogP contribution in [-0.4, -0.2) is 32.3 Å². The van der Waals surface area contributed by atoms with E-state index < -0.39 is 0 Å². The zero-order valence-corrected chi connectivity index (χ0v) is 15.7. The first kappa shape index (κ1) is 18.4. The van der Waals surface area contributed by atoms with Crippen LogP contribution in [0.25, 0.3) is 22.7 Å². The SMILES string of the molecule is CCOc1ccc(C(=O)Nc2ccc3oc(-c4ccc(=O)n(C)n4)nc3c2)nc1. The second-order valence-electron chi connectivity index (χ2n) is 6.15. The van der Waals surface area contributed by atoms with Gasteiger partial charge in [0.1, 0.15) is 22.7 Å². The van der Waals surface area contributed by atoms with Gasteiger partial charge in [-0.05, 0) is 43.3 Å². The third kappa shape index (κ3) is 3.84. The first-order valence-electron chi connectivity index (χ1n) is 8.89. The van der Waals surface area contributed by atoms with Crippen molar-refractivity contribution < 1.29 is 13.9 Å². The van der Waals surface area contributed by atoms with Crippen LogP contribution < -0.4 is 15.6 Å². The van der Waals surface area contributed by atoms with Gasteiger partial charge < -0.3 is 14.5 Å². The number of anilines is 1. The minimum atomic E-state index is -0.351. The van der Waals surface area contributed by atoms with E-state index in [1.165, 1.54) is 16.9 Å². The molecular weight excluding hydrogens is 374 g/mol. The summed E-state index contributed by atoms with van der Waals surface area (Å²) < 4.78 is 12.2. The molecule has 29 heavy (non-hydrogen) atoms. The van der Waals surface area contributed by atoms with Crippen molar-refractivity contribution in [1.82, 2.24) is 19.7 Å². The second-order valence-corrected chi connectivity index (χ2v) is 6.15.